The first-order valence-corrected chi connectivity index (χ1v) is 5.25. The maximum Gasteiger partial charge on any atom is 0.236 e. The summed E-state index contributed by atoms with van der Waals surface area (Å²) in [6, 6.07) is 0. The zero-order valence-corrected chi connectivity index (χ0v) is 9.95. The maximum absolute atomic E-state index is 12.1. The lowest BCUT2D eigenvalue weighted by molar-refractivity contribution is -0.137. The van der Waals surface area contributed by atoms with Gasteiger partial charge in [-0.15, -0.1) is 0 Å². The molecule has 0 aliphatic carbocycles. The Balaban J connectivity index is 5.04. The first-order chi connectivity index (χ1) is 6.97. The number of oxime groups is 1. The van der Waals surface area contributed by atoms with E-state index in [1.807, 2.05) is 20.8 Å². The van der Waals surface area contributed by atoms with E-state index in [2.05, 4.69) is 5.16 Å². The summed E-state index contributed by atoms with van der Waals surface area (Å²) in [5, 5.41) is 11.6. The minimum atomic E-state index is -0.902. The predicted molar refractivity (Wildman–Crippen MR) is 59.7 cm³/mol. The lowest BCUT2D eigenvalue weighted by Gasteiger charge is -2.31. The van der Waals surface area contributed by atoms with Gasteiger partial charge in [0.05, 0.1) is 0 Å². The molecule has 1 amide bonds. The molecule has 88 valence electrons. The molecular formula is C10H21N3O2. The van der Waals surface area contributed by atoms with E-state index in [1.54, 1.807) is 11.8 Å². The highest BCUT2D eigenvalue weighted by Gasteiger charge is 2.38. The summed E-state index contributed by atoms with van der Waals surface area (Å²) < 4.78 is 0. The van der Waals surface area contributed by atoms with Crippen LogP contribution >= 0.6 is 0 Å². The summed E-state index contributed by atoms with van der Waals surface area (Å²) in [6.07, 6.45) is 0.512. The number of amidine groups is 1. The molecule has 0 saturated heterocycles. The number of carbonyl (C=O) groups excluding carboxylic acids is 1. The van der Waals surface area contributed by atoms with Gasteiger partial charge in [0.1, 0.15) is 5.41 Å². The van der Waals surface area contributed by atoms with E-state index in [-0.39, 0.29) is 11.7 Å². The highest BCUT2D eigenvalue weighted by Crippen LogP contribution is 2.24. The van der Waals surface area contributed by atoms with Gasteiger partial charge in [-0.1, -0.05) is 12.1 Å². The summed E-state index contributed by atoms with van der Waals surface area (Å²) in [5.74, 6) is -0.118. The highest BCUT2D eigenvalue weighted by molar-refractivity contribution is 6.06. The van der Waals surface area contributed by atoms with Crippen molar-refractivity contribution in [1.82, 2.24) is 4.90 Å². The summed E-state index contributed by atoms with van der Waals surface area (Å²) in [4.78, 5) is 13.8. The minimum Gasteiger partial charge on any atom is -0.409 e. The first-order valence-electron chi connectivity index (χ1n) is 5.25. The molecule has 0 aromatic heterocycles. The van der Waals surface area contributed by atoms with Crippen molar-refractivity contribution in [3.63, 3.8) is 0 Å². The lowest BCUT2D eigenvalue weighted by Crippen LogP contribution is -2.49. The van der Waals surface area contributed by atoms with Crippen LogP contribution in [0.15, 0.2) is 5.16 Å². The molecule has 1 atom stereocenters. The molecule has 0 radical (unpaired) electrons. The van der Waals surface area contributed by atoms with Crippen LogP contribution in [0.1, 0.15) is 34.1 Å². The molecule has 0 saturated carbocycles. The fourth-order valence-electron chi connectivity index (χ4n) is 1.41. The van der Waals surface area contributed by atoms with Gasteiger partial charge in [-0.25, -0.2) is 0 Å². The lowest BCUT2D eigenvalue weighted by atomic mass is 9.84. The Morgan fingerprint density at radius 1 is 1.40 bits per heavy atom. The van der Waals surface area contributed by atoms with Crippen molar-refractivity contribution in [3.05, 3.63) is 0 Å². The third-order valence-electron chi connectivity index (χ3n) is 2.90. The van der Waals surface area contributed by atoms with Gasteiger partial charge in [0.2, 0.25) is 5.91 Å². The second kappa shape index (κ2) is 5.58. The summed E-state index contributed by atoms with van der Waals surface area (Å²) in [6.45, 7) is 8.61. The van der Waals surface area contributed by atoms with E-state index in [0.717, 1.165) is 0 Å². The average Bonchev–Trinajstić information content (AvgIpc) is 2.28. The van der Waals surface area contributed by atoms with Gasteiger partial charge in [-0.3, -0.25) is 4.79 Å². The molecule has 5 heteroatoms. The van der Waals surface area contributed by atoms with E-state index in [1.165, 1.54) is 0 Å². The van der Waals surface area contributed by atoms with Crippen LogP contribution in [0.5, 0.6) is 0 Å². The van der Waals surface area contributed by atoms with Gasteiger partial charge in [-0.2, -0.15) is 0 Å². The monoisotopic (exact) mass is 215 g/mol. The molecule has 3 N–H and O–H groups in total. The number of amides is 1. The molecule has 0 aliphatic rings. The molecule has 0 fully saturated rings. The van der Waals surface area contributed by atoms with Crippen LogP contribution in [0.2, 0.25) is 0 Å². The molecule has 0 rings (SSSR count). The summed E-state index contributed by atoms with van der Waals surface area (Å²) in [7, 11) is 0. The Morgan fingerprint density at radius 3 is 2.13 bits per heavy atom. The topological polar surface area (TPSA) is 78.9 Å². The van der Waals surface area contributed by atoms with Crippen LogP contribution in [0.4, 0.5) is 0 Å². The van der Waals surface area contributed by atoms with Crippen molar-refractivity contribution in [3.8, 4) is 0 Å². The first kappa shape index (κ1) is 13.7. The fourth-order valence-corrected chi connectivity index (χ4v) is 1.41. The molecule has 0 bridgehead atoms. The van der Waals surface area contributed by atoms with E-state index >= 15 is 0 Å². The van der Waals surface area contributed by atoms with Crippen LogP contribution in [-0.2, 0) is 4.79 Å². The van der Waals surface area contributed by atoms with Crippen molar-refractivity contribution in [2.24, 2.45) is 16.3 Å². The van der Waals surface area contributed by atoms with Crippen LogP contribution in [0.25, 0.3) is 0 Å². The van der Waals surface area contributed by atoms with Gasteiger partial charge in [0.15, 0.2) is 5.84 Å². The molecule has 15 heavy (non-hydrogen) atoms. The van der Waals surface area contributed by atoms with Crippen LogP contribution in [0, 0.1) is 5.41 Å². The van der Waals surface area contributed by atoms with Crippen molar-refractivity contribution in [2.75, 3.05) is 13.1 Å². The third kappa shape index (κ3) is 2.61. The van der Waals surface area contributed by atoms with Gasteiger partial charge in [0, 0.05) is 13.1 Å². The molecule has 5 nitrogen and oxygen atoms in total. The largest absolute Gasteiger partial charge is 0.409 e. The second-order valence-corrected chi connectivity index (χ2v) is 3.65. The van der Waals surface area contributed by atoms with Gasteiger partial charge in [0.25, 0.3) is 0 Å². The zero-order chi connectivity index (χ0) is 12.1. The van der Waals surface area contributed by atoms with E-state index in [0.29, 0.717) is 19.5 Å². The number of nitrogens with zero attached hydrogens (tertiary/aromatic N) is 2. The molecule has 0 spiro atoms. The molecular weight excluding hydrogens is 194 g/mol. The number of carbonyl (C=O) groups is 1. The SMILES string of the molecule is CCN(CC)C(=O)C(C)(CC)C(N)=NO. The maximum atomic E-state index is 12.1. The average molecular weight is 215 g/mol. The van der Waals surface area contributed by atoms with E-state index in [4.69, 9.17) is 10.9 Å². The van der Waals surface area contributed by atoms with E-state index in [9.17, 15) is 4.79 Å². The van der Waals surface area contributed by atoms with Gasteiger partial charge >= 0.3 is 0 Å². The van der Waals surface area contributed by atoms with Crippen LogP contribution in [0.3, 0.4) is 0 Å². The normalized spacial score (nSPS) is 15.9. The number of hydrogen-bond donors (Lipinski definition) is 2. The Kier molecular flexibility index (Phi) is 5.11. The van der Waals surface area contributed by atoms with Crippen molar-refractivity contribution >= 4 is 11.7 Å². The number of hydrogen-bond acceptors (Lipinski definition) is 3. The quantitative estimate of drug-likeness (QED) is 0.311. The minimum absolute atomic E-state index is 0.0260. The van der Waals surface area contributed by atoms with E-state index < -0.39 is 5.41 Å². The molecule has 0 heterocycles. The number of rotatable bonds is 5. The third-order valence-corrected chi connectivity index (χ3v) is 2.90. The van der Waals surface area contributed by atoms with Gasteiger partial charge < -0.3 is 15.8 Å². The van der Waals surface area contributed by atoms with Crippen molar-refractivity contribution in [2.45, 2.75) is 34.1 Å². The summed E-state index contributed by atoms with van der Waals surface area (Å²) in [5.41, 5.74) is 4.66. The van der Waals surface area contributed by atoms with Crippen LogP contribution < -0.4 is 5.73 Å². The Hall–Kier alpha value is -1.26. The predicted octanol–water partition coefficient (Wildman–Crippen LogP) is 1.02. The van der Waals surface area contributed by atoms with Gasteiger partial charge in [-0.05, 0) is 27.2 Å². The Labute approximate surface area is 90.9 Å². The van der Waals surface area contributed by atoms with Crippen molar-refractivity contribution in [1.29, 1.82) is 0 Å². The summed E-state index contributed by atoms with van der Waals surface area (Å²) >= 11 is 0. The molecule has 0 aliphatic heterocycles. The standard InChI is InChI=1S/C10H21N3O2/c1-5-10(4,8(11)12-15)9(14)13(6-2)7-3/h15H,5-7H2,1-4H3,(H2,11,12). The van der Waals surface area contributed by atoms with Crippen molar-refractivity contribution < 1.29 is 10.0 Å². The smallest absolute Gasteiger partial charge is 0.236 e. The highest BCUT2D eigenvalue weighted by atomic mass is 16.4. The zero-order valence-electron chi connectivity index (χ0n) is 9.95. The molecule has 1 unspecified atom stereocenters. The molecule has 0 aromatic carbocycles. The van der Waals surface area contributed by atoms with Crippen LogP contribution in [-0.4, -0.2) is 34.9 Å². The Morgan fingerprint density at radius 2 is 1.87 bits per heavy atom. The Bertz CT molecular complexity index is 249. The second-order valence-electron chi connectivity index (χ2n) is 3.65. The fraction of sp³-hybridized carbons (Fsp3) is 0.800. The number of nitrogens with two attached hydrogens (primary N) is 1. The molecule has 0 aromatic rings.